The van der Waals surface area contributed by atoms with Gasteiger partial charge < -0.3 is 10.1 Å². The molecule has 1 atom stereocenters. The Morgan fingerprint density at radius 2 is 2.21 bits per heavy atom. The number of hydrogen-bond donors (Lipinski definition) is 1. The van der Waals surface area contributed by atoms with E-state index in [4.69, 9.17) is 4.74 Å². The van der Waals surface area contributed by atoms with E-state index in [0.29, 0.717) is 0 Å². The number of hydrogen-bond acceptors (Lipinski definition) is 4. The molecular formula is C15H20N2OS. The maximum absolute atomic E-state index is 5.76. The Morgan fingerprint density at radius 1 is 1.37 bits per heavy atom. The Balaban J connectivity index is 2.26. The van der Waals surface area contributed by atoms with Gasteiger partial charge >= 0.3 is 0 Å². The zero-order chi connectivity index (χ0) is 13.7. The van der Waals surface area contributed by atoms with E-state index in [1.54, 1.807) is 11.3 Å². The standard InChI is InChI=1S/C15H20N2OS/c1-4-17-15(14-9-16-10-19-14)12-6-5-7-13(8-12)18-11(2)3/h5-11,15,17H,4H2,1-3H3. The fraction of sp³-hybridized carbons (Fsp3) is 0.400. The molecule has 1 unspecified atom stereocenters. The Kier molecular flexibility index (Phi) is 4.93. The van der Waals surface area contributed by atoms with Gasteiger partial charge in [0.2, 0.25) is 0 Å². The van der Waals surface area contributed by atoms with Gasteiger partial charge in [0.1, 0.15) is 5.75 Å². The third-order valence-corrected chi connectivity index (χ3v) is 3.55. The smallest absolute Gasteiger partial charge is 0.120 e. The van der Waals surface area contributed by atoms with Crippen LogP contribution < -0.4 is 10.1 Å². The van der Waals surface area contributed by atoms with Gasteiger partial charge in [-0.3, -0.25) is 4.98 Å². The first-order valence-corrected chi connectivity index (χ1v) is 7.47. The highest BCUT2D eigenvalue weighted by Gasteiger charge is 2.15. The SMILES string of the molecule is CCNC(c1cccc(OC(C)C)c1)c1cncs1. The van der Waals surface area contributed by atoms with Crippen LogP contribution in [-0.4, -0.2) is 17.6 Å². The van der Waals surface area contributed by atoms with Crippen molar-refractivity contribution >= 4 is 11.3 Å². The molecule has 0 fully saturated rings. The molecule has 102 valence electrons. The molecule has 2 aromatic rings. The zero-order valence-electron chi connectivity index (χ0n) is 11.6. The summed E-state index contributed by atoms with van der Waals surface area (Å²) < 4.78 is 5.76. The lowest BCUT2D eigenvalue weighted by molar-refractivity contribution is 0.242. The maximum Gasteiger partial charge on any atom is 0.120 e. The molecule has 2 rings (SSSR count). The Hall–Kier alpha value is -1.39. The fourth-order valence-electron chi connectivity index (χ4n) is 1.99. The van der Waals surface area contributed by atoms with Crippen LogP contribution in [0.5, 0.6) is 5.75 Å². The molecule has 0 bridgehead atoms. The Labute approximate surface area is 118 Å². The summed E-state index contributed by atoms with van der Waals surface area (Å²) in [6.07, 6.45) is 2.12. The molecule has 0 radical (unpaired) electrons. The molecule has 0 amide bonds. The number of nitrogens with zero attached hydrogens (tertiary/aromatic N) is 1. The van der Waals surface area contributed by atoms with Crippen LogP contribution in [0, 0.1) is 0 Å². The van der Waals surface area contributed by atoms with Crippen molar-refractivity contribution < 1.29 is 4.74 Å². The van der Waals surface area contributed by atoms with Gasteiger partial charge in [-0.1, -0.05) is 19.1 Å². The number of benzene rings is 1. The van der Waals surface area contributed by atoms with E-state index in [2.05, 4.69) is 29.4 Å². The van der Waals surface area contributed by atoms with Gasteiger partial charge in [0.15, 0.2) is 0 Å². The molecule has 1 aromatic heterocycles. The summed E-state index contributed by atoms with van der Waals surface area (Å²) in [5, 5.41) is 3.50. The number of aromatic nitrogens is 1. The third-order valence-electron chi connectivity index (χ3n) is 2.71. The van der Waals surface area contributed by atoms with E-state index in [1.165, 1.54) is 10.4 Å². The Morgan fingerprint density at radius 3 is 2.84 bits per heavy atom. The molecule has 0 spiro atoms. The molecule has 0 aliphatic heterocycles. The van der Waals surface area contributed by atoms with Gasteiger partial charge in [-0.25, -0.2) is 0 Å². The van der Waals surface area contributed by atoms with Crippen LogP contribution in [0.1, 0.15) is 37.3 Å². The van der Waals surface area contributed by atoms with E-state index < -0.39 is 0 Å². The highest BCUT2D eigenvalue weighted by Crippen LogP contribution is 2.27. The van der Waals surface area contributed by atoms with E-state index in [1.807, 2.05) is 37.7 Å². The maximum atomic E-state index is 5.76. The number of rotatable bonds is 6. The largest absolute Gasteiger partial charge is 0.491 e. The van der Waals surface area contributed by atoms with Gasteiger partial charge in [0.25, 0.3) is 0 Å². The van der Waals surface area contributed by atoms with Crippen molar-refractivity contribution in [1.82, 2.24) is 10.3 Å². The summed E-state index contributed by atoms with van der Waals surface area (Å²) in [4.78, 5) is 5.39. The van der Waals surface area contributed by atoms with Crippen molar-refractivity contribution in [2.75, 3.05) is 6.54 Å². The first-order valence-electron chi connectivity index (χ1n) is 6.59. The minimum Gasteiger partial charge on any atom is -0.491 e. The van der Waals surface area contributed by atoms with Crippen LogP contribution in [0.25, 0.3) is 0 Å². The summed E-state index contributed by atoms with van der Waals surface area (Å²) in [5.74, 6) is 0.917. The average Bonchev–Trinajstić information content (AvgIpc) is 2.89. The lowest BCUT2D eigenvalue weighted by Gasteiger charge is -2.18. The summed E-state index contributed by atoms with van der Waals surface area (Å²) in [6, 6.07) is 8.46. The van der Waals surface area contributed by atoms with Crippen LogP contribution >= 0.6 is 11.3 Å². The number of nitrogens with one attached hydrogen (secondary N) is 1. The quantitative estimate of drug-likeness (QED) is 0.875. The lowest BCUT2D eigenvalue weighted by atomic mass is 10.1. The molecule has 1 N–H and O–H groups in total. The molecule has 0 aliphatic carbocycles. The van der Waals surface area contributed by atoms with Gasteiger partial charge in [0, 0.05) is 11.1 Å². The molecule has 0 aliphatic rings. The minimum atomic E-state index is 0.188. The predicted molar refractivity (Wildman–Crippen MR) is 79.8 cm³/mol. The monoisotopic (exact) mass is 276 g/mol. The van der Waals surface area contributed by atoms with Gasteiger partial charge in [0.05, 0.1) is 17.7 Å². The van der Waals surface area contributed by atoms with E-state index in [-0.39, 0.29) is 12.1 Å². The summed E-state index contributed by atoms with van der Waals surface area (Å²) in [6.45, 7) is 7.11. The van der Waals surface area contributed by atoms with Crippen LogP contribution in [0.4, 0.5) is 0 Å². The van der Waals surface area contributed by atoms with Crippen LogP contribution in [0.15, 0.2) is 36.0 Å². The molecule has 3 nitrogen and oxygen atoms in total. The molecule has 4 heteroatoms. The molecule has 1 heterocycles. The van der Waals surface area contributed by atoms with Gasteiger partial charge in [-0.05, 0) is 38.1 Å². The number of ether oxygens (including phenoxy) is 1. The van der Waals surface area contributed by atoms with Crippen molar-refractivity contribution in [3.63, 3.8) is 0 Å². The first kappa shape index (κ1) is 14.0. The molecule has 1 aromatic carbocycles. The van der Waals surface area contributed by atoms with Crippen LogP contribution in [-0.2, 0) is 0 Å². The normalized spacial score (nSPS) is 12.6. The third kappa shape index (κ3) is 3.78. The van der Waals surface area contributed by atoms with Gasteiger partial charge in [-0.2, -0.15) is 0 Å². The summed E-state index contributed by atoms with van der Waals surface area (Å²) in [7, 11) is 0. The van der Waals surface area contributed by atoms with E-state index in [9.17, 15) is 0 Å². The fourth-order valence-corrected chi connectivity index (χ4v) is 2.72. The molecular weight excluding hydrogens is 256 g/mol. The second-order valence-corrected chi connectivity index (χ2v) is 5.55. The Bertz CT molecular complexity index is 497. The molecule has 19 heavy (non-hydrogen) atoms. The molecule has 0 saturated heterocycles. The average molecular weight is 276 g/mol. The van der Waals surface area contributed by atoms with Crippen LogP contribution in [0.3, 0.4) is 0 Å². The second kappa shape index (κ2) is 6.68. The van der Waals surface area contributed by atoms with E-state index in [0.717, 1.165) is 12.3 Å². The zero-order valence-corrected chi connectivity index (χ0v) is 12.4. The highest BCUT2D eigenvalue weighted by molar-refractivity contribution is 7.09. The summed E-state index contributed by atoms with van der Waals surface area (Å²) >= 11 is 1.67. The van der Waals surface area contributed by atoms with Crippen molar-refractivity contribution in [2.45, 2.75) is 32.9 Å². The molecule has 0 saturated carbocycles. The lowest BCUT2D eigenvalue weighted by Crippen LogP contribution is -2.21. The summed E-state index contributed by atoms with van der Waals surface area (Å²) in [5.41, 5.74) is 3.08. The second-order valence-electron chi connectivity index (χ2n) is 4.63. The van der Waals surface area contributed by atoms with Crippen LogP contribution in [0.2, 0.25) is 0 Å². The number of thiazole rings is 1. The highest BCUT2D eigenvalue weighted by atomic mass is 32.1. The van der Waals surface area contributed by atoms with Crippen molar-refractivity contribution in [1.29, 1.82) is 0 Å². The predicted octanol–water partition coefficient (Wildman–Crippen LogP) is 3.63. The van der Waals surface area contributed by atoms with E-state index >= 15 is 0 Å². The van der Waals surface area contributed by atoms with Crippen molar-refractivity contribution in [2.24, 2.45) is 0 Å². The minimum absolute atomic E-state index is 0.188. The topological polar surface area (TPSA) is 34.1 Å². The van der Waals surface area contributed by atoms with Crippen molar-refractivity contribution in [3.8, 4) is 5.75 Å². The van der Waals surface area contributed by atoms with Gasteiger partial charge in [-0.15, -0.1) is 11.3 Å². The first-order chi connectivity index (χ1) is 9.20. The van der Waals surface area contributed by atoms with Crippen molar-refractivity contribution in [3.05, 3.63) is 46.4 Å².